The molecular weight excluding hydrogens is 493 g/mol. The summed E-state index contributed by atoms with van der Waals surface area (Å²) >= 11 is 6.08. The van der Waals surface area contributed by atoms with Gasteiger partial charge in [0.05, 0.1) is 4.92 Å². The average Bonchev–Trinajstić information content (AvgIpc) is 3.14. The maximum atomic E-state index is 10.9. The molecule has 0 bridgehead atoms. The number of anilines is 1. The number of nitrogens with one attached hydrogen (secondary N) is 2. The van der Waals surface area contributed by atoms with Gasteiger partial charge in [-0.3, -0.25) is 15.1 Å². The molecule has 2 aromatic rings. The van der Waals surface area contributed by atoms with Gasteiger partial charge in [-0.1, -0.05) is 29.8 Å². The minimum absolute atomic E-state index is 0. The lowest BCUT2D eigenvalue weighted by molar-refractivity contribution is -0.384. The van der Waals surface area contributed by atoms with E-state index in [9.17, 15) is 10.1 Å². The Kier molecular flexibility index (Phi) is 8.31. The number of non-ortho nitro benzene ring substituents is 1. The third-order valence-corrected chi connectivity index (χ3v) is 4.74. The van der Waals surface area contributed by atoms with Crippen LogP contribution in [0, 0.1) is 10.1 Å². The number of hydrogen-bond donors (Lipinski definition) is 2. The standard InChI is InChI=1S/C19H22ClN5O2.HI/c1-21-19(22-12-14-4-2-7-18(10-14)25(26)27)23-16-8-9-24(13-16)17-6-3-5-15(20)11-17;/h2-7,10-11,16H,8-9,12-13H2,1H3,(H2,21,22,23);1H. The van der Waals surface area contributed by atoms with Gasteiger partial charge in [-0.05, 0) is 30.2 Å². The quantitative estimate of drug-likeness (QED) is 0.208. The zero-order valence-electron chi connectivity index (χ0n) is 15.5. The first kappa shape index (κ1) is 22.2. The number of nitrogens with zero attached hydrogens (tertiary/aromatic N) is 3. The Labute approximate surface area is 186 Å². The van der Waals surface area contributed by atoms with Crippen molar-refractivity contribution >= 4 is 52.9 Å². The third kappa shape index (κ3) is 5.96. The predicted molar refractivity (Wildman–Crippen MR) is 124 cm³/mol. The summed E-state index contributed by atoms with van der Waals surface area (Å²) in [6.07, 6.45) is 0.990. The SMILES string of the molecule is CN=C(NCc1cccc([N+](=O)[O-])c1)NC1CCN(c2cccc(Cl)c2)C1.I. The van der Waals surface area contributed by atoms with Crippen LogP contribution in [0.5, 0.6) is 0 Å². The van der Waals surface area contributed by atoms with Gasteiger partial charge in [0.2, 0.25) is 0 Å². The molecule has 1 aliphatic rings. The Balaban J connectivity index is 0.00000280. The van der Waals surface area contributed by atoms with Crippen molar-refractivity contribution in [1.82, 2.24) is 10.6 Å². The Morgan fingerprint density at radius 1 is 1.32 bits per heavy atom. The number of rotatable bonds is 5. The van der Waals surface area contributed by atoms with Crippen molar-refractivity contribution < 1.29 is 4.92 Å². The van der Waals surface area contributed by atoms with Gasteiger partial charge in [-0.15, -0.1) is 24.0 Å². The minimum Gasteiger partial charge on any atom is -0.369 e. The summed E-state index contributed by atoms with van der Waals surface area (Å²) in [4.78, 5) is 17.0. The van der Waals surface area contributed by atoms with Crippen LogP contribution in [0.3, 0.4) is 0 Å². The fraction of sp³-hybridized carbons (Fsp3) is 0.316. The normalized spacial score (nSPS) is 16.4. The second-order valence-corrected chi connectivity index (χ2v) is 6.85. The van der Waals surface area contributed by atoms with Crippen LogP contribution in [0.15, 0.2) is 53.5 Å². The molecule has 1 heterocycles. The Hall–Kier alpha value is -2.07. The van der Waals surface area contributed by atoms with Crippen LogP contribution in [0.4, 0.5) is 11.4 Å². The molecule has 0 aliphatic carbocycles. The fourth-order valence-corrected chi connectivity index (χ4v) is 3.32. The van der Waals surface area contributed by atoms with Crippen molar-refractivity contribution in [3.05, 3.63) is 69.2 Å². The second kappa shape index (κ2) is 10.5. The van der Waals surface area contributed by atoms with Gasteiger partial charge < -0.3 is 15.5 Å². The molecule has 9 heteroatoms. The Bertz CT molecular complexity index is 849. The lowest BCUT2D eigenvalue weighted by Crippen LogP contribution is -2.44. The van der Waals surface area contributed by atoms with Crippen LogP contribution in [-0.2, 0) is 6.54 Å². The van der Waals surface area contributed by atoms with E-state index in [0.29, 0.717) is 12.5 Å². The van der Waals surface area contributed by atoms with E-state index >= 15 is 0 Å². The molecular formula is C19H23ClIN5O2. The van der Waals surface area contributed by atoms with Crippen LogP contribution in [0.25, 0.3) is 0 Å². The summed E-state index contributed by atoms with van der Waals surface area (Å²) in [5.74, 6) is 0.680. The van der Waals surface area contributed by atoms with E-state index in [2.05, 4.69) is 26.6 Å². The number of hydrogen-bond acceptors (Lipinski definition) is 4. The summed E-state index contributed by atoms with van der Waals surface area (Å²) in [6.45, 7) is 2.27. The van der Waals surface area contributed by atoms with Gasteiger partial charge in [-0.25, -0.2) is 0 Å². The first-order valence-corrected chi connectivity index (χ1v) is 9.14. The number of nitro groups is 1. The molecule has 0 amide bonds. The highest BCUT2D eigenvalue weighted by molar-refractivity contribution is 14.0. The molecule has 1 atom stereocenters. The highest BCUT2D eigenvalue weighted by Crippen LogP contribution is 2.23. The largest absolute Gasteiger partial charge is 0.369 e. The van der Waals surface area contributed by atoms with Gasteiger partial charge in [0.25, 0.3) is 5.69 Å². The topological polar surface area (TPSA) is 82.8 Å². The van der Waals surface area contributed by atoms with Crippen LogP contribution < -0.4 is 15.5 Å². The molecule has 28 heavy (non-hydrogen) atoms. The van der Waals surface area contributed by atoms with Crippen LogP contribution in [0.1, 0.15) is 12.0 Å². The van der Waals surface area contributed by atoms with E-state index in [1.54, 1.807) is 19.2 Å². The molecule has 0 aromatic heterocycles. The van der Waals surface area contributed by atoms with Crippen LogP contribution >= 0.6 is 35.6 Å². The molecule has 3 rings (SSSR count). The van der Waals surface area contributed by atoms with E-state index in [4.69, 9.17) is 11.6 Å². The molecule has 7 nitrogen and oxygen atoms in total. The van der Waals surface area contributed by atoms with Gasteiger partial charge >= 0.3 is 0 Å². The summed E-state index contributed by atoms with van der Waals surface area (Å²) < 4.78 is 0. The second-order valence-electron chi connectivity index (χ2n) is 6.41. The van der Waals surface area contributed by atoms with Gasteiger partial charge in [0.1, 0.15) is 0 Å². The molecule has 150 valence electrons. The van der Waals surface area contributed by atoms with Crippen molar-refractivity contribution in [2.75, 3.05) is 25.0 Å². The van der Waals surface area contributed by atoms with Gasteiger partial charge in [-0.2, -0.15) is 0 Å². The number of aliphatic imine (C=N–C) groups is 1. The maximum Gasteiger partial charge on any atom is 0.269 e. The lowest BCUT2D eigenvalue weighted by atomic mass is 10.2. The highest BCUT2D eigenvalue weighted by Gasteiger charge is 2.23. The van der Waals surface area contributed by atoms with Crippen LogP contribution in [0.2, 0.25) is 5.02 Å². The van der Waals surface area contributed by atoms with E-state index in [1.807, 2.05) is 24.3 Å². The molecule has 0 radical (unpaired) electrons. The van der Waals surface area contributed by atoms with E-state index < -0.39 is 0 Å². The van der Waals surface area contributed by atoms with Gasteiger partial charge in [0.15, 0.2) is 5.96 Å². The van der Waals surface area contributed by atoms with Gasteiger partial charge in [0, 0.05) is 55.6 Å². The smallest absolute Gasteiger partial charge is 0.269 e. The molecule has 1 fully saturated rings. The van der Waals surface area contributed by atoms with E-state index in [-0.39, 0.29) is 40.6 Å². The monoisotopic (exact) mass is 515 g/mol. The number of benzene rings is 2. The Morgan fingerprint density at radius 2 is 2.11 bits per heavy atom. The molecule has 0 saturated carbocycles. The number of halogens is 2. The van der Waals surface area contributed by atoms with Crippen molar-refractivity contribution in [2.24, 2.45) is 4.99 Å². The van der Waals surface area contributed by atoms with E-state index in [0.717, 1.165) is 35.8 Å². The minimum atomic E-state index is -0.389. The van der Waals surface area contributed by atoms with Crippen molar-refractivity contribution in [2.45, 2.75) is 19.0 Å². The number of nitro benzene ring substituents is 1. The summed E-state index contributed by atoms with van der Waals surface area (Å²) in [6, 6.07) is 14.7. The lowest BCUT2D eigenvalue weighted by Gasteiger charge is -2.20. The molecule has 1 aliphatic heterocycles. The zero-order chi connectivity index (χ0) is 19.2. The molecule has 2 N–H and O–H groups in total. The summed E-state index contributed by atoms with van der Waals surface area (Å²) in [5.41, 5.74) is 2.04. The summed E-state index contributed by atoms with van der Waals surface area (Å²) in [7, 11) is 1.71. The van der Waals surface area contributed by atoms with E-state index in [1.165, 1.54) is 6.07 Å². The molecule has 2 aromatic carbocycles. The average molecular weight is 516 g/mol. The first-order chi connectivity index (χ1) is 13.0. The molecule has 1 saturated heterocycles. The van der Waals surface area contributed by atoms with Crippen molar-refractivity contribution in [1.29, 1.82) is 0 Å². The predicted octanol–water partition coefficient (Wildman–Crippen LogP) is 3.81. The highest BCUT2D eigenvalue weighted by atomic mass is 127. The molecule has 1 unspecified atom stereocenters. The zero-order valence-corrected chi connectivity index (χ0v) is 18.6. The van der Waals surface area contributed by atoms with Crippen LogP contribution in [-0.4, -0.2) is 37.1 Å². The molecule has 0 spiro atoms. The first-order valence-electron chi connectivity index (χ1n) is 8.76. The summed E-state index contributed by atoms with van der Waals surface area (Å²) in [5, 5.41) is 18.3. The number of guanidine groups is 1. The third-order valence-electron chi connectivity index (χ3n) is 4.51. The van der Waals surface area contributed by atoms with Crippen molar-refractivity contribution in [3.8, 4) is 0 Å². The fourth-order valence-electron chi connectivity index (χ4n) is 3.14. The Morgan fingerprint density at radius 3 is 2.82 bits per heavy atom. The van der Waals surface area contributed by atoms with Crippen molar-refractivity contribution in [3.63, 3.8) is 0 Å². The maximum absolute atomic E-state index is 10.9.